The van der Waals surface area contributed by atoms with Crippen LogP contribution in [0.2, 0.25) is 0 Å². The number of nitrogens with zero attached hydrogens (tertiary/aromatic N) is 1. The SMILES string of the molecule is CNC(/C=C/C(=O)O)c1cccnc1. The lowest BCUT2D eigenvalue weighted by Gasteiger charge is -2.10. The van der Waals surface area contributed by atoms with Crippen LogP contribution in [0.25, 0.3) is 0 Å². The predicted molar refractivity (Wildman–Crippen MR) is 52.8 cm³/mol. The highest BCUT2D eigenvalue weighted by Gasteiger charge is 2.04. The van der Waals surface area contributed by atoms with Crippen LogP contribution in [-0.2, 0) is 4.79 Å². The monoisotopic (exact) mass is 192 g/mol. The molecule has 1 aromatic rings. The molecule has 0 saturated carbocycles. The minimum Gasteiger partial charge on any atom is -0.478 e. The van der Waals surface area contributed by atoms with Gasteiger partial charge in [-0.1, -0.05) is 12.1 Å². The molecule has 0 saturated heterocycles. The minimum atomic E-state index is -0.950. The Hall–Kier alpha value is -1.68. The molecule has 0 bridgehead atoms. The maximum atomic E-state index is 10.3. The van der Waals surface area contributed by atoms with Gasteiger partial charge in [0.15, 0.2) is 0 Å². The van der Waals surface area contributed by atoms with Crippen LogP contribution in [0.3, 0.4) is 0 Å². The summed E-state index contributed by atoms with van der Waals surface area (Å²) >= 11 is 0. The van der Waals surface area contributed by atoms with E-state index in [1.807, 2.05) is 12.1 Å². The summed E-state index contributed by atoms with van der Waals surface area (Å²) in [5.74, 6) is -0.950. The van der Waals surface area contributed by atoms with Gasteiger partial charge in [0.1, 0.15) is 0 Å². The standard InChI is InChI=1S/C10H12N2O2/c1-11-9(4-5-10(13)14)8-3-2-6-12-7-8/h2-7,9,11H,1H3,(H,13,14)/b5-4+. The highest BCUT2D eigenvalue weighted by Crippen LogP contribution is 2.11. The summed E-state index contributed by atoms with van der Waals surface area (Å²) in [6.07, 6.45) is 6.08. The van der Waals surface area contributed by atoms with E-state index >= 15 is 0 Å². The van der Waals surface area contributed by atoms with Gasteiger partial charge in [-0.05, 0) is 18.7 Å². The van der Waals surface area contributed by atoms with E-state index in [2.05, 4.69) is 10.3 Å². The molecule has 1 unspecified atom stereocenters. The second kappa shape index (κ2) is 5.14. The zero-order chi connectivity index (χ0) is 10.4. The van der Waals surface area contributed by atoms with E-state index in [1.165, 1.54) is 0 Å². The summed E-state index contributed by atoms with van der Waals surface area (Å²) in [6.45, 7) is 0. The Bertz CT molecular complexity index is 322. The summed E-state index contributed by atoms with van der Waals surface area (Å²) in [7, 11) is 1.77. The van der Waals surface area contributed by atoms with Crippen LogP contribution in [-0.4, -0.2) is 23.1 Å². The molecular formula is C10H12N2O2. The van der Waals surface area contributed by atoms with Crippen molar-refractivity contribution < 1.29 is 9.90 Å². The van der Waals surface area contributed by atoms with Gasteiger partial charge in [-0.15, -0.1) is 0 Å². The highest BCUT2D eigenvalue weighted by molar-refractivity contribution is 5.79. The number of likely N-dealkylation sites (N-methyl/N-ethyl adjacent to an activating group) is 1. The summed E-state index contributed by atoms with van der Waals surface area (Å²) < 4.78 is 0. The van der Waals surface area contributed by atoms with Crippen LogP contribution >= 0.6 is 0 Å². The molecule has 4 heteroatoms. The smallest absolute Gasteiger partial charge is 0.328 e. The van der Waals surface area contributed by atoms with E-state index < -0.39 is 5.97 Å². The summed E-state index contributed by atoms with van der Waals surface area (Å²) in [4.78, 5) is 14.3. The number of carboxylic acids is 1. The lowest BCUT2D eigenvalue weighted by Crippen LogP contribution is -2.14. The second-order valence-electron chi connectivity index (χ2n) is 2.75. The van der Waals surface area contributed by atoms with Gasteiger partial charge >= 0.3 is 5.97 Å². The quantitative estimate of drug-likeness (QED) is 0.698. The van der Waals surface area contributed by atoms with Crippen LogP contribution < -0.4 is 5.32 Å². The molecular weight excluding hydrogens is 180 g/mol. The van der Waals surface area contributed by atoms with Crippen LogP contribution in [0.5, 0.6) is 0 Å². The van der Waals surface area contributed by atoms with Crippen LogP contribution in [0, 0.1) is 0 Å². The van der Waals surface area contributed by atoms with Crippen molar-refractivity contribution in [3.8, 4) is 0 Å². The van der Waals surface area contributed by atoms with Crippen molar-refractivity contribution >= 4 is 5.97 Å². The van der Waals surface area contributed by atoms with Crippen molar-refractivity contribution in [2.24, 2.45) is 0 Å². The van der Waals surface area contributed by atoms with Gasteiger partial charge in [0.25, 0.3) is 0 Å². The number of pyridine rings is 1. The molecule has 0 amide bonds. The zero-order valence-corrected chi connectivity index (χ0v) is 7.84. The number of hydrogen-bond acceptors (Lipinski definition) is 3. The first-order valence-electron chi connectivity index (χ1n) is 4.22. The maximum absolute atomic E-state index is 10.3. The normalized spacial score (nSPS) is 12.9. The third-order valence-electron chi connectivity index (χ3n) is 1.79. The molecule has 0 aliphatic heterocycles. The number of aromatic nitrogens is 1. The largest absolute Gasteiger partial charge is 0.478 e. The third kappa shape index (κ3) is 2.99. The van der Waals surface area contributed by atoms with Crippen LogP contribution in [0.15, 0.2) is 36.7 Å². The molecule has 74 valence electrons. The van der Waals surface area contributed by atoms with Gasteiger partial charge in [0.2, 0.25) is 0 Å². The third-order valence-corrected chi connectivity index (χ3v) is 1.79. The summed E-state index contributed by atoms with van der Waals surface area (Å²) in [5, 5.41) is 11.5. The Morgan fingerprint density at radius 2 is 2.50 bits per heavy atom. The van der Waals surface area contributed by atoms with E-state index in [0.29, 0.717) is 0 Å². The van der Waals surface area contributed by atoms with Gasteiger partial charge in [0, 0.05) is 18.5 Å². The molecule has 14 heavy (non-hydrogen) atoms. The first-order valence-corrected chi connectivity index (χ1v) is 4.22. The fourth-order valence-electron chi connectivity index (χ4n) is 1.11. The van der Waals surface area contributed by atoms with Gasteiger partial charge in [0.05, 0.1) is 6.04 Å². The first-order chi connectivity index (χ1) is 6.74. The maximum Gasteiger partial charge on any atom is 0.328 e. The Kier molecular flexibility index (Phi) is 3.82. The molecule has 0 aromatic carbocycles. The second-order valence-corrected chi connectivity index (χ2v) is 2.75. The number of aliphatic carboxylic acids is 1. The summed E-state index contributed by atoms with van der Waals surface area (Å²) in [5.41, 5.74) is 0.938. The van der Waals surface area contributed by atoms with Gasteiger partial charge < -0.3 is 10.4 Å². The Labute approximate surface area is 82.3 Å². The fourth-order valence-corrected chi connectivity index (χ4v) is 1.11. The zero-order valence-electron chi connectivity index (χ0n) is 7.84. The Morgan fingerprint density at radius 3 is 3.00 bits per heavy atom. The van der Waals surface area contributed by atoms with Crippen molar-refractivity contribution in [2.75, 3.05) is 7.05 Å². The van der Waals surface area contributed by atoms with Crippen molar-refractivity contribution in [1.82, 2.24) is 10.3 Å². The molecule has 0 radical (unpaired) electrons. The lowest BCUT2D eigenvalue weighted by molar-refractivity contribution is -0.131. The van der Waals surface area contributed by atoms with Crippen molar-refractivity contribution in [2.45, 2.75) is 6.04 Å². The van der Waals surface area contributed by atoms with E-state index in [4.69, 9.17) is 5.11 Å². The van der Waals surface area contributed by atoms with Crippen molar-refractivity contribution in [3.63, 3.8) is 0 Å². The van der Waals surface area contributed by atoms with Gasteiger partial charge in [-0.25, -0.2) is 4.79 Å². The minimum absolute atomic E-state index is 0.111. The molecule has 0 aliphatic rings. The Balaban J connectivity index is 2.78. The lowest BCUT2D eigenvalue weighted by atomic mass is 10.1. The first kappa shape index (κ1) is 10.4. The predicted octanol–water partition coefficient (Wildman–Crippen LogP) is 0.983. The molecule has 2 N–H and O–H groups in total. The van der Waals surface area contributed by atoms with Crippen molar-refractivity contribution in [1.29, 1.82) is 0 Å². The molecule has 1 aromatic heterocycles. The molecule has 0 fully saturated rings. The van der Waals surface area contributed by atoms with Crippen molar-refractivity contribution in [3.05, 3.63) is 42.2 Å². The molecule has 1 atom stereocenters. The van der Waals surface area contributed by atoms with Crippen LogP contribution in [0.1, 0.15) is 11.6 Å². The molecule has 1 heterocycles. The number of carboxylic acid groups (broad SMARTS) is 1. The fraction of sp³-hybridized carbons (Fsp3) is 0.200. The summed E-state index contributed by atoms with van der Waals surface area (Å²) in [6, 6.07) is 3.59. The Morgan fingerprint density at radius 1 is 1.71 bits per heavy atom. The molecule has 0 aliphatic carbocycles. The average molecular weight is 192 g/mol. The molecule has 1 rings (SSSR count). The van der Waals surface area contributed by atoms with Crippen LogP contribution in [0.4, 0.5) is 0 Å². The van der Waals surface area contributed by atoms with Gasteiger partial charge in [-0.2, -0.15) is 0 Å². The van der Waals surface area contributed by atoms with Gasteiger partial charge in [-0.3, -0.25) is 4.98 Å². The number of hydrogen-bond donors (Lipinski definition) is 2. The highest BCUT2D eigenvalue weighted by atomic mass is 16.4. The molecule has 4 nitrogen and oxygen atoms in total. The number of carbonyl (C=O) groups is 1. The molecule has 0 spiro atoms. The number of nitrogens with one attached hydrogen (secondary N) is 1. The van der Waals surface area contributed by atoms with E-state index in [9.17, 15) is 4.79 Å². The number of rotatable bonds is 4. The average Bonchev–Trinajstić information content (AvgIpc) is 2.20. The van der Waals surface area contributed by atoms with E-state index in [0.717, 1.165) is 11.6 Å². The van der Waals surface area contributed by atoms with E-state index in [1.54, 1.807) is 25.5 Å². The topological polar surface area (TPSA) is 62.2 Å². The van der Waals surface area contributed by atoms with E-state index in [-0.39, 0.29) is 6.04 Å².